The maximum Gasteiger partial charge on any atom is 0.416 e. The van der Waals surface area contributed by atoms with Crippen molar-refractivity contribution in [2.24, 2.45) is 0 Å². The number of nitrogens with zero attached hydrogens (tertiary/aromatic N) is 1. The minimum atomic E-state index is -4.56. The van der Waals surface area contributed by atoms with E-state index in [0.717, 1.165) is 12.1 Å². The van der Waals surface area contributed by atoms with Gasteiger partial charge in [-0.15, -0.1) is 0 Å². The number of carbonyl (C=O) groups is 1. The number of nitrogens with two attached hydrogens (primary N) is 1. The van der Waals surface area contributed by atoms with Gasteiger partial charge in [0, 0.05) is 11.6 Å². The van der Waals surface area contributed by atoms with E-state index in [1.54, 1.807) is 20.8 Å². The van der Waals surface area contributed by atoms with Crippen LogP contribution in [-0.4, -0.2) is 16.9 Å². The van der Waals surface area contributed by atoms with Gasteiger partial charge in [-0.2, -0.15) is 13.2 Å². The molecule has 0 fully saturated rings. The third-order valence-corrected chi connectivity index (χ3v) is 2.79. The number of hydrogen-bond acceptors (Lipinski definition) is 5. The quantitative estimate of drug-likeness (QED) is 0.849. The summed E-state index contributed by atoms with van der Waals surface area (Å²) < 4.78 is 48.5. The first-order valence-corrected chi connectivity index (χ1v) is 6.89. The smallest absolute Gasteiger partial charge is 0.416 e. The molecule has 0 aliphatic rings. The minimum absolute atomic E-state index is 0.00637. The van der Waals surface area contributed by atoms with E-state index in [9.17, 15) is 18.0 Å². The van der Waals surface area contributed by atoms with Crippen LogP contribution in [0.5, 0.6) is 0 Å². The van der Waals surface area contributed by atoms with Gasteiger partial charge < -0.3 is 15.0 Å². The molecule has 0 saturated heterocycles. The maximum absolute atomic E-state index is 12.9. The van der Waals surface area contributed by atoms with E-state index in [0.29, 0.717) is 0 Å². The molecule has 0 radical (unpaired) electrons. The fourth-order valence-electron chi connectivity index (χ4n) is 1.88. The van der Waals surface area contributed by atoms with E-state index >= 15 is 0 Å². The third kappa shape index (κ3) is 4.40. The number of nitrogens with one attached hydrogen (secondary N) is 1. The zero-order valence-electron chi connectivity index (χ0n) is 13.2. The molecule has 0 aliphatic heterocycles. The zero-order valence-corrected chi connectivity index (χ0v) is 13.2. The number of rotatable bonds is 2. The van der Waals surface area contributed by atoms with E-state index < -0.39 is 23.4 Å². The summed E-state index contributed by atoms with van der Waals surface area (Å²) >= 11 is 0. The number of benzene rings is 1. The van der Waals surface area contributed by atoms with Crippen LogP contribution >= 0.6 is 0 Å². The van der Waals surface area contributed by atoms with Crippen LogP contribution in [0.1, 0.15) is 26.3 Å². The zero-order chi connectivity index (χ0) is 18.1. The molecule has 9 heteroatoms. The first-order chi connectivity index (χ1) is 11.0. The van der Waals surface area contributed by atoms with Crippen molar-refractivity contribution in [2.75, 3.05) is 11.1 Å². The molecule has 6 nitrogen and oxygen atoms in total. The van der Waals surface area contributed by atoms with Crippen molar-refractivity contribution in [3.63, 3.8) is 0 Å². The van der Waals surface area contributed by atoms with Crippen molar-refractivity contribution in [3.8, 4) is 11.3 Å². The second kappa shape index (κ2) is 6.06. The molecule has 3 N–H and O–H groups in total. The highest BCUT2D eigenvalue weighted by Crippen LogP contribution is 2.36. The number of aromatic nitrogens is 1. The molecular weight excluding hydrogens is 327 g/mol. The van der Waals surface area contributed by atoms with Crippen LogP contribution in [0.15, 0.2) is 28.8 Å². The lowest BCUT2D eigenvalue weighted by Gasteiger charge is -2.20. The van der Waals surface area contributed by atoms with Crippen LogP contribution in [0, 0.1) is 0 Å². The van der Waals surface area contributed by atoms with Gasteiger partial charge in [-0.25, -0.2) is 4.79 Å². The van der Waals surface area contributed by atoms with Crippen molar-refractivity contribution in [1.82, 2.24) is 5.16 Å². The lowest BCUT2D eigenvalue weighted by Crippen LogP contribution is -2.27. The second-order valence-corrected chi connectivity index (χ2v) is 6.00. The largest absolute Gasteiger partial charge is 0.444 e. The van der Waals surface area contributed by atoms with Crippen molar-refractivity contribution in [1.29, 1.82) is 0 Å². The van der Waals surface area contributed by atoms with Gasteiger partial charge in [0.05, 0.1) is 11.3 Å². The van der Waals surface area contributed by atoms with E-state index in [1.165, 1.54) is 12.1 Å². The van der Waals surface area contributed by atoms with Gasteiger partial charge in [0.2, 0.25) is 5.88 Å². The molecule has 2 aromatic rings. The van der Waals surface area contributed by atoms with Gasteiger partial charge >= 0.3 is 12.3 Å². The summed E-state index contributed by atoms with van der Waals surface area (Å²) in [6.45, 7) is 4.91. The summed E-state index contributed by atoms with van der Waals surface area (Å²) in [7, 11) is 0. The van der Waals surface area contributed by atoms with Crippen molar-refractivity contribution in [3.05, 3.63) is 29.8 Å². The summed E-state index contributed by atoms with van der Waals surface area (Å²) in [5.74, 6) is -0.00637. The summed E-state index contributed by atoms with van der Waals surface area (Å²) in [4.78, 5) is 11.9. The Bertz CT molecular complexity index is 748. The normalized spacial score (nSPS) is 12.1. The number of ether oxygens (including phenoxy) is 1. The fraction of sp³-hybridized carbons (Fsp3) is 0.333. The van der Waals surface area contributed by atoms with Crippen molar-refractivity contribution < 1.29 is 27.2 Å². The Balaban J connectivity index is 2.42. The molecule has 1 aromatic heterocycles. The molecule has 0 aliphatic carbocycles. The van der Waals surface area contributed by atoms with Gasteiger partial charge in [0.15, 0.2) is 0 Å². The fourth-order valence-corrected chi connectivity index (χ4v) is 1.88. The number of alkyl halides is 3. The SMILES string of the molecule is CC(C)(C)OC(=O)Nc1cc(C(F)(F)F)ccc1-c1cc(N)on1. The number of hydrogen-bond donors (Lipinski definition) is 2. The third-order valence-electron chi connectivity index (χ3n) is 2.79. The molecule has 0 spiro atoms. The lowest BCUT2D eigenvalue weighted by molar-refractivity contribution is -0.137. The predicted molar refractivity (Wildman–Crippen MR) is 81.2 cm³/mol. The summed E-state index contributed by atoms with van der Waals surface area (Å²) in [5, 5.41) is 5.95. The van der Waals surface area contributed by atoms with E-state index in [-0.39, 0.29) is 22.8 Å². The highest BCUT2D eigenvalue weighted by molar-refractivity contribution is 5.91. The Labute approximate surface area is 135 Å². The molecule has 0 unspecified atom stereocenters. The predicted octanol–water partition coefficient (Wildman–Crippen LogP) is 4.29. The molecular formula is C15H16F3N3O3. The number of carbonyl (C=O) groups excluding carboxylic acids is 1. The van der Waals surface area contributed by atoms with Gasteiger partial charge in [0.1, 0.15) is 11.3 Å². The van der Waals surface area contributed by atoms with E-state index in [1.807, 2.05) is 0 Å². The highest BCUT2D eigenvalue weighted by Gasteiger charge is 2.31. The van der Waals surface area contributed by atoms with Crippen molar-refractivity contribution in [2.45, 2.75) is 32.5 Å². The molecule has 0 atom stereocenters. The molecule has 2 rings (SSSR count). The average Bonchev–Trinajstić information content (AvgIpc) is 2.81. The molecule has 1 aromatic carbocycles. The van der Waals surface area contributed by atoms with Crippen LogP contribution in [0.3, 0.4) is 0 Å². The molecule has 0 saturated carbocycles. The Kier molecular flexibility index (Phi) is 4.46. The molecule has 0 bridgehead atoms. The van der Waals surface area contributed by atoms with Gasteiger partial charge in [-0.3, -0.25) is 5.32 Å². The summed E-state index contributed by atoms with van der Waals surface area (Å²) in [6.07, 6.45) is -5.45. The van der Waals surface area contributed by atoms with Gasteiger partial charge in [-0.05, 0) is 39.0 Å². The van der Waals surface area contributed by atoms with Gasteiger partial charge in [0.25, 0.3) is 0 Å². The van der Waals surface area contributed by atoms with E-state index in [4.69, 9.17) is 15.0 Å². The van der Waals surface area contributed by atoms with Gasteiger partial charge in [-0.1, -0.05) is 5.16 Å². The highest BCUT2D eigenvalue weighted by atomic mass is 19.4. The minimum Gasteiger partial charge on any atom is -0.444 e. The second-order valence-electron chi connectivity index (χ2n) is 6.00. The van der Waals surface area contributed by atoms with Crippen LogP contribution in [0.4, 0.5) is 29.5 Å². The first-order valence-electron chi connectivity index (χ1n) is 6.89. The molecule has 1 heterocycles. The van der Waals surface area contributed by atoms with Crippen LogP contribution in [-0.2, 0) is 10.9 Å². The van der Waals surface area contributed by atoms with E-state index in [2.05, 4.69) is 10.5 Å². The maximum atomic E-state index is 12.9. The van der Waals surface area contributed by atoms with Crippen LogP contribution in [0.2, 0.25) is 0 Å². The summed E-state index contributed by atoms with van der Waals surface area (Å²) in [5.41, 5.74) is 3.99. The Morgan fingerprint density at radius 2 is 1.92 bits per heavy atom. The summed E-state index contributed by atoms with van der Waals surface area (Å²) in [6, 6.07) is 4.18. The Hall–Kier alpha value is -2.71. The molecule has 1 amide bonds. The Morgan fingerprint density at radius 3 is 2.42 bits per heavy atom. The lowest BCUT2D eigenvalue weighted by atomic mass is 10.1. The molecule has 24 heavy (non-hydrogen) atoms. The number of halogens is 3. The monoisotopic (exact) mass is 343 g/mol. The molecule has 130 valence electrons. The van der Waals surface area contributed by atoms with Crippen molar-refractivity contribution >= 4 is 17.7 Å². The first kappa shape index (κ1) is 17.6. The number of anilines is 2. The Morgan fingerprint density at radius 1 is 1.25 bits per heavy atom. The van der Waals surface area contributed by atoms with Crippen LogP contribution in [0.25, 0.3) is 11.3 Å². The number of nitrogen functional groups attached to an aromatic ring is 1. The van der Waals surface area contributed by atoms with Crippen LogP contribution < -0.4 is 11.1 Å². The number of amides is 1. The topological polar surface area (TPSA) is 90.4 Å². The standard InChI is InChI=1S/C15H16F3N3O3/c1-14(2,3)23-13(22)20-10-6-8(15(16,17)18)4-5-9(10)11-7-12(19)24-21-11/h4-7H,19H2,1-3H3,(H,20,22). The average molecular weight is 343 g/mol.